The predicted octanol–water partition coefficient (Wildman–Crippen LogP) is 1.90. The van der Waals surface area contributed by atoms with Gasteiger partial charge in [-0.1, -0.05) is 30.3 Å². The average Bonchev–Trinajstić information content (AvgIpc) is 2.65. The Morgan fingerprint density at radius 3 is 2.41 bits per heavy atom. The van der Waals surface area contributed by atoms with Gasteiger partial charge in [0.05, 0.1) is 6.04 Å². The number of aromatic nitrogens is 1. The van der Waals surface area contributed by atoms with Gasteiger partial charge in [0, 0.05) is 12.7 Å². The number of hydrogen-bond donors (Lipinski definition) is 4. The van der Waals surface area contributed by atoms with Crippen LogP contribution in [0.4, 0.5) is 5.82 Å². The first-order chi connectivity index (χ1) is 12.9. The summed E-state index contributed by atoms with van der Waals surface area (Å²) in [4.78, 5) is 28.4. The molecule has 1 aromatic carbocycles. The number of nitrogen functional groups attached to an aromatic ring is 1. The number of nitrogens with zero attached hydrogens (tertiary/aromatic N) is 1. The number of carbonyl (C=O) groups is 2. The van der Waals surface area contributed by atoms with E-state index in [1.54, 1.807) is 19.2 Å². The Bertz CT molecular complexity index is 790. The minimum absolute atomic E-state index is 0. The lowest BCUT2D eigenvalue weighted by atomic mass is 10.1. The Labute approximate surface area is 183 Å². The van der Waals surface area contributed by atoms with Crippen LogP contribution in [-0.2, 0) is 22.6 Å². The summed E-state index contributed by atoms with van der Waals surface area (Å²) in [5.74, 6) is -0.179. The van der Waals surface area contributed by atoms with Crippen molar-refractivity contribution in [3.63, 3.8) is 0 Å². The van der Waals surface area contributed by atoms with Gasteiger partial charge in [-0.2, -0.15) is 0 Å². The van der Waals surface area contributed by atoms with Crippen molar-refractivity contribution >= 4 is 42.4 Å². The average molecular weight is 442 g/mol. The molecule has 29 heavy (non-hydrogen) atoms. The lowest BCUT2D eigenvalue weighted by Gasteiger charge is -2.18. The third-order valence-electron chi connectivity index (χ3n) is 4.37. The molecule has 0 unspecified atom stereocenters. The van der Waals surface area contributed by atoms with Crippen LogP contribution in [0.2, 0.25) is 0 Å². The van der Waals surface area contributed by atoms with E-state index in [-0.39, 0.29) is 36.6 Å². The van der Waals surface area contributed by atoms with Crippen molar-refractivity contribution in [2.45, 2.75) is 45.3 Å². The molecular weight excluding hydrogens is 413 g/mol. The Hall–Kier alpha value is -2.35. The zero-order valence-electron chi connectivity index (χ0n) is 16.6. The number of amides is 2. The Kier molecular flexibility index (Phi) is 11.9. The number of anilines is 1. The van der Waals surface area contributed by atoms with Gasteiger partial charge in [-0.25, -0.2) is 4.98 Å². The second-order valence-corrected chi connectivity index (χ2v) is 6.61. The lowest BCUT2D eigenvalue weighted by Crippen LogP contribution is -2.50. The second-order valence-electron chi connectivity index (χ2n) is 6.61. The molecule has 0 saturated heterocycles. The van der Waals surface area contributed by atoms with Gasteiger partial charge in [0.1, 0.15) is 11.9 Å². The molecule has 0 aliphatic carbocycles. The van der Waals surface area contributed by atoms with Crippen molar-refractivity contribution in [1.29, 1.82) is 0 Å². The van der Waals surface area contributed by atoms with E-state index in [2.05, 4.69) is 15.6 Å². The van der Waals surface area contributed by atoms with E-state index < -0.39 is 12.1 Å². The van der Waals surface area contributed by atoms with E-state index in [1.807, 2.05) is 37.3 Å². The summed E-state index contributed by atoms with van der Waals surface area (Å²) in [5, 5.41) is 5.45. The van der Waals surface area contributed by atoms with Crippen LogP contribution in [0, 0.1) is 6.92 Å². The minimum atomic E-state index is -0.678. The predicted molar refractivity (Wildman–Crippen MR) is 120 cm³/mol. The molecule has 7 nitrogen and oxygen atoms in total. The standard InChI is InChI=1S/C20H27N5O2.2ClH/c1-13-10-18(22)23-11-16(13)12-24-19(26)14(2)25-20(27)17(21)9-8-15-6-4-3-5-7-15;;/h3-7,10-11,14,17H,8-9,12,21H2,1-2H3,(H2,22,23)(H,24,26)(H,25,27);2*1H/t14-,17+;;/m0../s1. The summed E-state index contributed by atoms with van der Waals surface area (Å²) in [6.45, 7) is 3.85. The van der Waals surface area contributed by atoms with Crippen molar-refractivity contribution in [3.8, 4) is 0 Å². The molecule has 6 N–H and O–H groups in total. The monoisotopic (exact) mass is 441 g/mol. The largest absolute Gasteiger partial charge is 0.384 e. The van der Waals surface area contributed by atoms with Crippen molar-refractivity contribution in [2.75, 3.05) is 5.73 Å². The normalized spacial score (nSPS) is 12.0. The number of rotatable bonds is 8. The van der Waals surface area contributed by atoms with Gasteiger partial charge in [0.15, 0.2) is 0 Å². The topological polar surface area (TPSA) is 123 Å². The molecule has 0 bridgehead atoms. The highest BCUT2D eigenvalue weighted by molar-refractivity contribution is 5.89. The summed E-state index contributed by atoms with van der Waals surface area (Å²) >= 11 is 0. The molecule has 0 saturated carbocycles. The maximum Gasteiger partial charge on any atom is 0.242 e. The zero-order valence-corrected chi connectivity index (χ0v) is 18.2. The van der Waals surface area contributed by atoms with Gasteiger partial charge in [-0.15, -0.1) is 24.8 Å². The fraction of sp³-hybridized carbons (Fsp3) is 0.350. The van der Waals surface area contributed by atoms with Crippen LogP contribution in [0.5, 0.6) is 0 Å². The van der Waals surface area contributed by atoms with Gasteiger partial charge in [0.2, 0.25) is 11.8 Å². The Balaban J connectivity index is 0.00000392. The number of nitrogens with two attached hydrogens (primary N) is 2. The first kappa shape index (κ1) is 26.6. The molecule has 2 atom stereocenters. The van der Waals surface area contributed by atoms with Crippen molar-refractivity contribution in [1.82, 2.24) is 15.6 Å². The number of benzene rings is 1. The third kappa shape index (κ3) is 8.68. The summed E-state index contributed by atoms with van der Waals surface area (Å²) in [6, 6.07) is 10.2. The maximum absolute atomic E-state index is 12.2. The van der Waals surface area contributed by atoms with Gasteiger partial charge in [-0.05, 0) is 49.4 Å². The first-order valence-corrected chi connectivity index (χ1v) is 8.95. The number of halogens is 2. The van der Waals surface area contributed by atoms with Crippen LogP contribution in [0.3, 0.4) is 0 Å². The highest BCUT2D eigenvalue weighted by Crippen LogP contribution is 2.09. The van der Waals surface area contributed by atoms with Crippen LogP contribution in [-0.4, -0.2) is 28.9 Å². The first-order valence-electron chi connectivity index (χ1n) is 8.95. The van der Waals surface area contributed by atoms with Crippen molar-refractivity contribution in [3.05, 3.63) is 59.3 Å². The van der Waals surface area contributed by atoms with Crippen LogP contribution in [0.1, 0.15) is 30.0 Å². The molecule has 2 amide bonds. The number of pyridine rings is 1. The van der Waals surface area contributed by atoms with E-state index in [9.17, 15) is 9.59 Å². The van der Waals surface area contributed by atoms with Crippen LogP contribution >= 0.6 is 24.8 Å². The molecule has 2 aromatic rings. The molecule has 0 aliphatic rings. The fourth-order valence-corrected chi connectivity index (χ4v) is 2.61. The maximum atomic E-state index is 12.2. The second kappa shape index (κ2) is 13.0. The summed E-state index contributed by atoms with van der Waals surface area (Å²) in [7, 11) is 0. The van der Waals surface area contributed by atoms with Crippen molar-refractivity contribution < 1.29 is 9.59 Å². The smallest absolute Gasteiger partial charge is 0.242 e. The number of hydrogen-bond acceptors (Lipinski definition) is 5. The van der Waals surface area contributed by atoms with Crippen LogP contribution in [0.15, 0.2) is 42.6 Å². The van der Waals surface area contributed by atoms with Crippen molar-refractivity contribution in [2.24, 2.45) is 5.73 Å². The zero-order chi connectivity index (χ0) is 19.8. The molecule has 1 heterocycles. The number of nitrogens with one attached hydrogen (secondary N) is 2. The number of aryl methyl sites for hydroxylation is 2. The molecule has 0 spiro atoms. The molecule has 0 aliphatic heterocycles. The summed E-state index contributed by atoms with van der Waals surface area (Å²) in [6.07, 6.45) is 2.85. The minimum Gasteiger partial charge on any atom is -0.384 e. The Morgan fingerprint density at radius 2 is 1.79 bits per heavy atom. The SMILES string of the molecule is Cc1cc(N)ncc1CNC(=O)[C@H](C)NC(=O)[C@H](N)CCc1ccccc1.Cl.Cl. The van der Waals surface area contributed by atoms with E-state index in [1.165, 1.54) is 0 Å². The summed E-state index contributed by atoms with van der Waals surface area (Å²) in [5.41, 5.74) is 14.5. The fourth-order valence-electron chi connectivity index (χ4n) is 2.61. The van der Waals surface area contributed by atoms with Gasteiger partial charge in [0.25, 0.3) is 0 Å². The molecule has 9 heteroatoms. The van der Waals surface area contributed by atoms with E-state index in [0.29, 0.717) is 25.2 Å². The third-order valence-corrected chi connectivity index (χ3v) is 4.37. The van der Waals surface area contributed by atoms with E-state index in [4.69, 9.17) is 11.5 Å². The van der Waals surface area contributed by atoms with E-state index in [0.717, 1.165) is 16.7 Å². The van der Waals surface area contributed by atoms with Gasteiger partial charge >= 0.3 is 0 Å². The molecule has 2 rings (SSSR count). The lowest BCUT2D eigenvalue weighted by molar-refractivity contribution is -0.129. The Morgan fingerprint density at radius 1 is 1.14 bits per heavy atom. The number of carbonyl (C=O) groups excluding carboxylic acids is 2. The molecule has 1 aromatic heterocycles. The van der Waals surface area contributed by atoms with Crippen LogP contribution < -0.4 is 22.1 Å². The van der Waals surface area contributed by atoms with E-state index >= 15 is 0 Å². The van der Waals surface area contributed by atoms with Gasteiger partial charge < -0.3 is 22.1 Å². The van der Waals surface area contributed by atoms with Crippen LogP contribution in [0.25, 0.3) is 0 Å². The summed E-state index contributed by atoms with van der Waals surface area (Å²) < 4.78 is 0. The molecular formula is C20H29Cl2N5O2. The van der Waals surface area contributed by atoms with Gasteiger partial charge in [-0.3, -0.25) is 9.59 Å². The molecule has 0 fully saturated rings. The highest BCUT2D eigenvalue weighted by atomic mass is 35.5. The quantitative estimate of drug-likeness (QED) is 0.497. The molecule has 160 valence electrons. The molecule has 0 radical (unpaired) electrons. The highest BCUT2D eigenvalue weighted by Gasteiger charge is 2.20.